The van der Waals surface area contributed by atoms with Gasteiger partial charge in [-0.15, -0.1) is 0 Å². The Morgan fingerprint density at radius 1 is 1.28 bits per heavy atom. The molecule has 5 nitrogen and oxygen atoms in total. The number of carbonyl (C=O) groups excluding carboxylic acids is 1. The molecule has 1 heterocycles. The number of anilines is 2. The zero-order valence-electron chi connectivity index (χ0n) is 10.7. The van der Waals surface area contributed by atoms with Gasteiger partial charge in [0.1, 0.15) is 0 Å². The van der Waals surface area contributed by atoms with Crippen molar-refractivity contribution in [2.45, 2.75) is 26.1 Å². The lowest BCUT2D eigenvalue weighted by molar-refractivity contribution is -0.0530. The number of carbonyl (C=O) groups is 1. The van der Waals surface area contributed by atoms with Crippen molar-refractivity contribution < 1.29 is 9.53 Å². The number of hydrogen-bond acceptors (Lipinski definition) is 3. The third-order valence-corrected chi connectivity index (χ3v) is 2.87. The molecule has 1 aliphatic rings. The highest BCUT2D eigenvalue weighted by atomic mass is 16.5. The zero-order valence-corrected chi connectivity index (χ0v) is 10.7. The van der Waals surface area contributed by atoms with Crippen LogP contribution in [0.5, 0.6) is 0 Å². The zero-order chi connectivity index (χ0) is 13.1. The van der Waals surface area contributed by atoms with Crippen LogP contribution in [0.4, 0.5) is 16.2 Å². The van der Waals surface area contributed by atoms with Crippen molar-refractivity contribution in [2.75, 3.05) is 24.1 Å². The molecule has 18 heavy (non-hydrogen) atoms. The first-order chi connectivity index (χ1) is 8.54. The summed E-state index contributed by atoms with van der Waals surface area (Å²) in [6.07, 6.45) is 0.150. The molecule has 3 N–H and O–H groups in total. The minimum atomic E-state index is -0.0956. The predicted molar refractivity (Wildman–Crippen MR) is 71.5 cm³/mol. The second-order valence-corrected chi connectivity index (χ2v) is 4.71. The molecular formula is C13H19N3O2. The summed E-state index contributed by atoms with van der Waals surface area (Å²) in [5, 5.41) is 2.86. The van der Waals surface area contributed by atoms with Crippen LogP contribution in [0.25, 0.3) is 0 Å². The third kappa shape index (κ3) is 3.13. The van der Waals surface area contributed by atoms with Gasteiger partial charge in [-0.3, -0.25) is 0 Å². The largest absolute Gasteiger partial charge is 0.399 e. The van der Waals surface area contributed by atoms with Gasteiger partial charge in [-0.1, -0.05) is 0 Å². The summed E-state index contributed by atoms with van der Waals surface area (Å²) < 4.78 is 5.59. The van der Waals surface area contributed by atoms with Crippen LogP contribution in [0, 0.1) is 0 Å². The average molecular weight is 249 g/mol. The first-order valence-corrected chi connectivity index (χ1v) is 6.11. The van der Waals surface area contributed by atoms with E-state index in [1.54, 1.807) is 29.2 Å². The molecule has 0 saturated carbocycles. The number of ether oxygens (including phenoxy) is 1. The van der Waals surface area contributed by atoms with Crippen molar-refractivity contribution in [3.8, 4) is 0 Å². The van der Waals surface area contributed by atoms with Crippen LogP contribution in [-0.4, -0.2) is 36.2 Å². The fraction of sp³-hybridized carbons (Fsp3) is 0.462. The van der Waals surface area contributed by atoms with E-state index < -0.39 is 0 Å². The van der Waals surface area contributed by atoms with Crippen molar-refractivity contribution in [1.82, 2.24) is 4.90 Å². The first-order valence-electron chi connectivity index (χ1n) is 6.11. The second-order valence-electron chi connectivity index (χ2n) is 4.71. The van der Waals surface area contributed by atoms with Crippen LogP contribution in [0.1, 0.15) is 13.8 Å². The van der Waals surface area contributed by atoms with Gasteiger partial charge in [-0.05, 0) is 38.1 Å². The second kappa shape index (κ2) is 5.27. The molecule has 98 valence electrons. The van der Waals surface area contributed by atoms with E-state index in [2.05, 4.69) is 5.32 Å². The summed E-state index contributed by atoms with van der Waals surface area (Å²) in [7, 11) is 0. The van der Waals surface area contributed by atoms with Gasteiger partial charge in [-0.25, -0.2) is 4.79 Å². The van der Waals surface area contributed by atoms with Gasteiger partial charge >= 0.3 is 6.03 Å². The summed E-state index contributed by atoms with van der Waals surface area (Å²) in [5.41, 5.74) is 7.03. The predicted octanol–water partition coefficient (Wildman–Crippen LogP) is 1.91. The molecule has 0 aliphatic carbocycles. The van der Waals surface area contributed by atoms with E-state index in [0.717, 1.165) is 5.69 Å². The Labute approximate surface area is 107 Å². The number of amides is 2. The van der Waals surface area contributed by atoms with E-state index in [9.17, 15) is 4.79 Å². The van der Waals surface area contributed by atoms with Gasteiger partial charge in [-0.2, -0.15) is 0 Å². The van der Waals surface area contributed by atoms with Gasteiger partial charge in [0.2, 0.25) is 0 Å². The number of morpholine rings is 1. The van der Waals surface area contributed by atoms with Crippen LogP contribution >= 0.6 is 0 Å². The molecule has 1 aliphatic heterocycles. The number of nitrogens with zero attached hydrogens (tertiary/aromatic N) is 1. The lowest BCUT2D eigenvalue weighted by atomic mass is 10.2. The van der Waals surface area contributed by atoms with E-state index in [4.69, 9.17) is 10.5 Å². The fourth-order valence-electron chi connectivity index (χ4n) is 2.11. The lowest BCUT2D eigenvalue weighted by Gasteiger charge is -2.35. The highest BCUT2D eigenvalue weighted by Gasteiger charge is 2.25. The number of urea groups is 1. The molecule has 2 unspecified atom stereocenters. The van der Waals surface area contributed by atoms with E-state index in [1.807, 2.05) is 13.8 Å². The van der Waals surface area contributed by atoms with E-state index in [0.29, 0.717) is 18.8 Å². The summed E-state index contributed by atoms with van der Waals surface area (Å²) in [5.74, 6) is 0. The number of rotatable bonds is 1. The molecule has 0 aromatic heterocycles. The number of hydrogen-bond donors (Lipinski definition) is 2. The average Bonchev–Trinajstić information content (AvgIpc) is 2.31. The van der Waals surface area contributed by atoms with E-state index >= 15 is 0 Å². The highest BCUT2D eigenvalue weighted by molar-refractivity contribution is 5.89. The maximum Gasteiger partial charge on any atom is 0.322 e. The summed E-state index contributed by atoms with van der Waals surface area (Å²) in [6, 6.07) is 7.02. The van der Waals surface area contributed by atoms with E-state index in [-0.39, 0.29) is 18.2 Å². The Morgan fingerprint density at radius 2 is 1.83 bits per heavy atom. The van der Waals surface area contributed by atoms with Crippen molar-refractivity contribution >= 4 is 17.4 Å². The van der Waals surface area contributed by atoms with Gasteiger partial charge < -0.3 is 20.7 Å². The molecule has 1 fully saturated rings. The van der Waals surface area contributed by atoms with Crippen molar-refractivity contribution in [3.05, 3.63) is 24.3 Å². The SMILES string of the molecule is CC1CN(C(=O)Nc2ccc(N)cc2)CC(C)O1. The Balaban J connectivity index is 1.97. The molecule has 1 saturated heterocycles. The van der Waals surface area contributed by atoms with Crippen molar-refractivity contribution in [1.29, 1.82) is 0 Å². The molecule has 2 amide bonds. The van der Waals surface area contributed by atoms with Gasteiger partial charge in [0.25, 0.3) is 0 Å². The Hall–Kier alpha value is -1.75. The molecule has 1 aromatic carbocycles. The first kappa shape index (κ1) is 12.7. The Morgan fingerprint density at radius 3 is 2.39 bits per heavy atom. The quantitative estimate of drug-likeness (QED) is 0.747. The summed E-state index contributed by atoms with van der Waals surface area (Å²) in [6.45, 7) is 5.18. The maximum absolute atomic E-state index is 12.1. The van der Waals surface area contributed by atoms with Crippen molar-refractivity contribution in [2.24, 2.45) is 0 Å². The topological polar surface area (TPSA) is 67.6 Å². The molecule has 0 radical (unpaired) electrons. The van der Waals surface area contributed by atoms with Crippen LogP contribution in [-0.2, 0) is 4.74 Å². The minimum Gasteiger partial charge on any atom is -0.399 e. The Kier molecular flexibility index (Phi) is 3.72. The van der Waals surface area contributed by atoms with Crippen LogP contribution in [0.3, 0.4) is 0 Å². The molecule has 0 bridgehead atoms. The molecule has 0 spiro atoms. The normalized spacial score (nSPS) is 23.8. The number of nitrogen functional groups attached to an aromatic ring is 1. The number of nitrogens with one attached hydrogen (secondary N) is 1. The Bertz CT molecular complexity index is 409. The molecule has 2 atom stereocenters. The van der Waals surface area contributed by atoms with Crippen LogP contribution in [0.2, 0.25) is 0 Å². The van der Waals surface area contributed by atoms with Crippen molar-refractivity contribution in [3.63, 3.8) is 0 Å². The third-order valence-electron chi connectivity index (χ3n) is 2.87. The molecule has 2 rings (SSSR count). The fourth-order valence-corrected chi connectivity index (χ4v) is 2.11. The summed E-state index contributed by atoms with van der Waals surface area (Å²) >= 11 is 0. The lowest BCUT2D eigenvalue weighted by Crippen LogP contribution is -2.49. The molecule has 1 aromatic rings. The highest BCUT2D eigenvalue weighted by Crippen LogP contribution is 2.14. The maximum atomic E-state index is 12.1. The molecular weight excluding hydrogens is 230 g/mol. The van der Waals surface area contributed by atoms with Gasteiger partial charge in [0.15, 0.2) is 0 Å². The summed E-state index contributed by atoms with van der Waals surface area (Å²) in [4.78, 5) is 13.8. The minimum absolute atomic E-state index is 0.0749. The van der Waals surface area contributed by atoms with Crippen LogP contribution in [0.15, 0.2) is 24.3 Å². The molecule has 5 heteroatoms. The smallest absolute Gasteiger partial charge is 0.322 e. The number of nitrogens with two attached hydrogens (primary N) is 1. The van der Waals surface area contributed by atoms with Gasteiger partial charge in [0, 0.05) is 24.5 Å². The standard InChI is InChI=1S/C13H19N3O2/c1-9-7-16(8-10(2)18-9)13(17)15-12-5-3-11(14)4-6-12/h3-6,9-10H,7-8,14H2,1-2H3,(H,15,17). The van der Waals surface area contributed by atoms with Crippen LogP contribution < -0.4 is 11.1 Å². The number of benzene rings is 1. The van der Waals surface area contributed by atoms with Gasteiger partial charge in [0.05, 0.1) is 12.2 Å². The monoisotopic (exact) mass is 249 g/mol. The van der Waals surface area contributed by atoms with E-state index in [1.165, 1.54) is 0 Å².